The van der Waals surface area contributed by atoms with Crippen LogP contribution in [0.1, 0.15) is 29.5 Å². The average molecular weight is 400 g/mol. The summed E-state index contributed by atoms with van der Waals surface area (Å²) >= 11 is 3.48. The van der Waals surface area contributed by atoms with Crippen LogP contribution in [0.5, 0.6) is 0 Å². The van der Waals surface area contributed by atoms with E-state index in [0.29, 0.717) is 6.54 Å². The van der Waals surface area contributed by atoms with Crippen molar-refractivity contribution in [2.45, 2.75) is 25.9 Å². The number of halogens is 1. The lowest BCUT2D eigenvalue weighted by Gasteiger charge is -2.12. The minimum Gasteiger partial charge on any atom is -0.348 e. The van der Waals surface area contributed by atoms with Crippen molar-refractivity contribution >= 4 is 27.9 Å². The summed E-state index contributed by atoms with van der Waals surface area (Å²) in [5.74, 6) is -0.0821. The van der Waals surface area contributed by atoms with Gasteiger partial charge in [0.1, 0.15) is 6.54 Å². The Morgan fingerprint density at radius 1 is 1.04 bits per heavy atom. The molecule has 1 saturated heterocycles. The molecule has 25 heavy (non-hydrogen) atoms. The Kier molecular flexibility index (Phi) is 6.42. The summed E-state index contributed by atoms with van der Waals surface area (Å²) in [6.45, 7) is 4.25. The van der Waals surface area contributed by atoms with Crippen molar-refractivity contribution in [3.05, 3.63) is 75.8 Å². The van der Waals surface area contributed by atoms with E-state index in [9.17, 15) is 4.79 Å². The number of rotatable bonds is 6. The predicted molar refractivity (Wildman–Crippen MR) is 105 cm³/mol. The lowest BCUT2D eigenvalue weighted by Crippen LogP contribution is -3.08. The fourth-order valence-corrected chi connectivity index (χ4v) is 3.56. The van der Waals surface area contributed by atoms with Gasteiger partial charge in [0.2, 0.25) is 5.91 Å². The van der Waals surface area contributed by atoms with Gasteiger partial charge in [0, 0.05) is 35.5 Å². The molecular weight excluding hydrogens is 376 g/mol. The van der Waals surface area contributed by atoms with Crippen LogP contribution in [0.3, 0.4) is 0 Å². The Labute approximate surface area is 157 Å². The molecule has 1 heterocycles. The Morgan fingerprint density at radius 2 is 1.72 bits per heavy atom. The van der Waals surface area contributed by atoms with E-state index in [1.54, 1.807) is 11.0 Å². The maximum atomic E-state index is 12.0. The minimum absolute atomic E-state index is 0.0821. The Bertz CT molecular complexity index is 734. The smallest absolute Gasteiger partial charge is 0.244 e. The zero-order valence-electron chi connectivity index (χ0n) is 14.3. The molecule has 130 valence electrons. The van der Waals surface area contributed by atoms with Gasteiger partial charge in [0.05, 0.1) is 13.1 Å². The van der Waals surface area contributed by atoms with E-state index in [1.807, 2.05) is 30.3 Å². The van der Waals surface area contributed by atoms with Crippen molar-refractivity contribution in [3.8, 4) is 0 Å². The second kappa shape index (κ2) is 8.97. The monoisotopic (exact) mass is 399 g/mol. The second-order valence-electron chi connectivity index (χ2n) is 6.52. The number of nitrogens with one attached hydrogen (secondary N) is 2. The summed E-state index contributed by atoms with van der Waals surface area (Å²) in [7, 11) is 0. The molecule has 0 atom stereocenters. The SMILES string of the molecule is O=C(/C=C/c1ccccc1Br)NCc1ccc(C[NH+]2CCCC2)cc1. The first-order valence-electron chi connectivity index (χ1n) is 8.82. The van der Waals surface area contributed by atoms with Crippen LogP contribution >= 0.6 is 15.9 Å². The molecule has 0 radical (unpaired) electrons. The summed E-state index contributed by atoms with van der Waals surface area (Å²) in [6, 6.07) is 16.4. The molecule has 0 spiro atoms. The van der Waals surface area contributed by atoms with Crippen LogP contribution in [0.4, 0.5) is 0 Å². The molecule has 2 N–H and O–H groups in total. The standard InChI is InChI=1S/C21H23BrN2O/c22-20-6-2-1-5-19(20)11-12-21(25)23-15-17-7-9-18(10-8-17)16-24-13-3-4-14-24/h1-2,5-12H,3-4,13-16H2,(H,23,25)/p+1/b12-11+. The number of quaternary nitrogens is 1. The van der Waals surface area contributed by atoms with Gasteiger partial charge in [-0.2, -0.15) is 0 Å². The van der Waals surface area contributed by atoms with E-state index in [4.69, 9.17) is 0 Å². The van der Waals surface area contributed by atoms with Gasteiger partial charge < -0.3 is 10.2 Å². The molecule has 1 fully saturated rings. The molecule has 3 nitrogen and oxygen atoms in total. The maximum Gasteiger partial charge on any atom is 0.244 e. The third-order valence-corrected chi connectivity index (χ3v) is 5.30. The summed E-state index contributed by atoms with van der Waals surface area (Å²) in [5.41, 5.74) is 3.50. The van der Waals surface area contributed by atoms with Gasteiger partial charge >= 0.3 is 0 Å². The highest BCUT2D eigenvalue weighted by Gasteiger charge is 2.15. The first-order chi connectivity index (χ1) is 12.2. The lowest BCUT2D eigenvalue weighted by atomic mass is 10.1. The molecule has 2 aromatic carbocycles. The molecule has 1 aliphatic heterocycles. The van der Waals surface area contributed by atoms with Crippen molar-refractivity contribution in [2.75, 3.05) is 13.1 Å². The molecule has 3 rings (SSSR count). The topological polar surface area (TPSA) is 33.5 Å². The predicted octanol–water partition coefficient (Wildman–Crippen LogP) is 2.96. The number of likely N-dealkylation sites (tertiary alicyclic amines) is 1. The van der Waals surface area contributed by atoms with E-state index in [-0.39, 0.29) is 5.91 Å². The summed E-state index contributed by atoms with van der Waals surface area (Å²) < 4.78 is 0.981. The Balaban J connectivity index is 1.47. The first kappa shape index (κ1) is 17.9. The van der Waals surface area contributed by atoms with E-state index in [2.05, 4.69) is 45.5 Å². The molecule has 1 amide bonds. The van der Waals surface area contributed by atoms with Crippen LogP contribution < -0.4 is 10.2 Å². The summed E-state index contributed by atoms with van der Waals surface area (Å²) in [4.78, 5) is 13.7. The van der Waals surface area contributed by atoms with E-state index in [0.717, 1.165) is 22.1 Å². The van der Waals surface area contributed by atoms with Gasteiger partial charge in [-0.25, -0.2) is 0 Å². The summed E-state index contributed by atoms with van der Waals surface area (Å²) in [5, 5.41) is 2.93. The maximum absolute atomic E-state index is 12.0. The molecule has 2 aromatic rings. The van der Waals surface area contributed by atoms with Crippen LogP contribution in [0.25, 0.3) is 6.08 Å². The zero-order chi connectivity index (χ0) is 17.5. The highest BCUT2D eigenvalue weighted by molar-refractivity contribution is 9.10. The third-order valence-electron chi connectivity index (χ3n) is 4.57. The Morgan fingerprint density at radius 3 is 2.44 bits per heavy atom. The highest BCUT2D eigenvalue weighted by atomic mass is 79.9. The number of hydrogen-bond acceptors (Lipinski definition) is 1. The van der Waals surface area contributed by atoms with Crippen molar-refractivity contribution in [2.24, 2.45) is 0 Å². The van der Waals surface area contributed by atoms with Crippen LogP contribution in [0.15, 0.2) is 59.1 Å². The fourth-order valence-electron chi connectivity index (χ4n) is 3.14. The van der Waals surface area contributed by atoms with Gasteiger partial charge in [0.15, 0.2) is 0 Å². The van der Waals surface area contributed by atoms with Gasteiger partial charge in [-0.3, -0.25) is 4.79 Å². The third kappa shape index (κ3) is 5.55. The van der Waals surface area contributed by atoms with Crippen LogP contribution in [0, 0.1) is 0 Å². The van der Waals surface area contributed by atoms with E-state index in [1.165, 1.54) is 31.5 Å². The van der Waals surface area contributed by atoms with Gasteiger partial charge in [-0.1, -0.05) is 58.4 Å². The zero-order valence-corrected chi connectivity index (χ0v) is 15.9. The number of carbonyl (C=O) groups is 1. The van der Waals surface area contributed by atoms with Crippen molar-refractivity contribution < 1.29 is 9.69 Å². The molecule has 4 heteroatoms. The highest BCUT2D eigenvalue weighted by Crippen LogP contribution is 2.16. The average Bonchev–Trinajstić information content (AvgIpc) is 3.13. The van der Waals surface area contributed by atoms with Crippen LogP contribution in [0.2, 0.25) is 0 Å². The van der Waals surface area contributed by atoms with Gasteiger partial charge in [0.25, 0.3) is 0 Å². The van der Waals surface area contributed by atoms with E-state index < -0.39 is 0 Å². The molecule has 0 saturated carbocycles. The van der Waals surface area contributed by atoms with Gasteiger partial charge in [-0.05, 0) is 23.3 Å². The van der Waals surface area contributed by atoms with Crippen LogP contribution in [-0.2, 0) is 17.9 Å². The van der Waals surface area contributed by atoms with Gasteiger partial charge in [-0.15, -0.1) is 0 Å². The number of carbonyl (C=O) groups excluding carboxylic acids is 1. The molecule has 1 aliphatic rings. The molecular formula is C21H24BrN2O+. The quantitative estimate of drug-likeness (QED) is 0.719. The van der Waals surface area contributed by atoms with Crippen molar-refractivity contribution in [1.29, 1.82) is 0 Å². The van der Waals surface area contributed by atoms with Crippen molar-refractivity contribution in [1.82, 2.24) is 5.32 Å². The number of amides is 1. The molecule has 0 aromatic heterocycles. The number of hydrogen-bond donors (Lipinski definition) is 2. The Hall–Kier alpha value is -1.91. The number of benzene rings is 2. The lowest BCUT2D eigenvalue weighted by molar-refractivity contribution is -0.901. The molecule has 0 unspecified atom stereocenters. The largest absolute Gasteiger partial charge is 0.348 e. The second-order valence-corrected chi connectivity index (χ2v) is 7.38. The first-order valence-corrected chi connectivity index (χ1v) is 9.62. The molecule has 0 bridgehead atoms. The summed E-state index contributed by atoms with van der Waals surface area (Å²) in [6.07, 6.45) is 6.10. The molecule has 0 aliphatic carbocycles. The fraction of sp³-hybridized carbons (Fsp3) is 0.286. The van der Waals surface area contributed by atoms with Crippen molar-refractivity contribution in [3.63, 3.8) is 0 Å². The van der Waals surface area contributed by atoms with Crippen LogP contribution in [-0.4, -0.2) is 19.0 Å². The van der Waals surface area contributed by atoms with E-state index >= 15 is 0 Å². The normalized spacial score (nSPS) is 14.9. The minimum atomic E-state index is -0.0821.